The number of hydrogen-bond donors (Lipinski definition) is 1. The van der Waals surface area contributed by atoms with E-state index in [0.717, 1.165) is 36.1 Å². The highest BCUT2D eigenvalue weighted by Crippen LogP contribution is 2.41. The van der Waals surface area contributed by atoms with E-state index in [1.165, 1.54) is 29.5 Å². The largest absolute Gasteiger partial charge is 0.462 e. The van der Waals surface area contributed by atoms with Crippen molar-refractivity contribution in [2.45, 2.75) is 39.5 Å². The third kappa shape index (κ3) is 3.65. The van der Waals surface area contributed by atoms with Crippen LogP contribution in [0.5, 0.6) is 0 Å². The lowest BCUT2D eigenvalue weighted by atomic mass is 9.85. The number of benzene rings is 1. The molecule has 0 radical (unpaired) electrons. The van der Waals surface area contributed by atoms with Gasteiger partial charge in [-0.3, -0.25) is 4.79 Å². The summed E-state index contributed by atoms with van der Waals surface area (Å²) in [5, 5.41) is 3.19. The van der Waals surface area contributed by atoms with Crippen LogP contribution in [0.3, 0.4) is 0 Å². The van der Waals surface area contributed by atoms with E-state index in [9.17, 15) is 14.0 Å². The van der Waals surface area contributed by atoms with Crippen LogP contribution in [0.15, 0.2) is 24.3 Å². The molecule has 1 heterocycles. The van der Waals surface area contributed by atoms with Crippen LogP contribution in [-0.2, 0) is 17.6 Å². The number of hydrogen-bond acceptors (Lipinski definition) is 4. The second-order valence-electron chi connectivity index (χ2n) is 6.38. The molecule has 1 unspecified atom stereocenters. The molecule has 3 rings (SSSR count). The monoisotopic (exact) mass is 375 g/mol. The number of halogens is 1. The van der Waals surface area contributed by atoms with Gasteiger partial charge in [0.2, 0.25) is 0 Å². The van der Waals surface area contributed by atoms with Gasteiger partial charge in [-0.05, 0) is 49.8 Å². The van der Waals surface area contributed by atoms with Gasteiger partial charge in [0, 0.05) is 4.88 Å². The van der Waals surface area contributed by atoms with Crippen LogP contribution in [0.1, 0.15) is 57.8 Å². The van der Waals surface area contributed by atoms with Gasteiger partial charge in [-0.15, -0.1) is 11.3 Å². The van der Waals surface area contributed by atoms with Crippen LogP contribution in [0, 0.1) is 11.7 Å². The summed E-state index contributed by atoms with van der Waals surface area (Å²) in [7, 11) is 0. The fourth-order valence-corrected chi connectivity index (χ4v) is 4.67. The summed E-state index contributed by atoms with van der Waals surface area (Å²) < 4.78 is 19.1. The maximum Gasteiger partial charge on any atom is 0.341 e. The minimum absolute atomic E-state index is 0.0416. The van der Waals surface area contributed by atoms with Crippen molar-refractivity contribution in [2.75, 3.05) is 11.9 Å². The molecule has 1 atom stereocenters. The summed E-state index contributed by atoms with van der Waals surface area (Å²) in [5.74, 6) is -0.982. The number of amides is 1. The first kappa shape index (κ1) is 18.6. The number of nitrogens with one attached hydrogen (secondary N) is 1. The molecule has 0 saturated heterocycles. The molecule has 138 valence electrons. The van der Waals surface area contributed by atoms with E-state index in [0.29, 0.717) is 16.5 Å². The lowest BCUT2D eigenvalue weighted by molar-refractivity contribution is 0.0526. The molecule has 6 heteroatoms. The number of carbonyl (C=O) groups excluding carboxylic acids is 2. The van der Waals surface area contributed by atoms with E-state index in [-0.39, 0.29) is 12.2 Å². The molecule has 1 aliphatic rings. The molecular formula is C20H22FNO3S. The fourth-order valence-electron chi connectivity index (χ4n) is 3.33. The average Bonchev–Trinajstić information content (AvgIpc) is 2.98. The topological polar surface area (TPSA) is 55.4 Å². The normalized spacial score (nSPS) is 16.0. The Hall–Kier alpha value is -2.21. The highest BCUT2D eigenvalue weighted by Gasteiger charge is 2.30. The van der Waals surface area contributed by atoms with Crippen molar-refractivity contribution in [1.82, 2.24) is 0 Å². The predicted molar refractivity (Wildman–Crippen MR) is 100 cm³/mol. The number of anilines is 1. The van der Waals surface area contributed by atoms with Crippen LogP contribution < -0.4 is 5.32 Å². The summed E-state index contributed by atoms with van der Waals surface area (Å²) in [6, 6.07) is 5.81. The maximum absolute atomic E-state index is 13.9. The first-order valence-corrected chi connectivity index (χ1v) is 9.74. The van der Waals surface area contributed by atoms with E-state index < -0.39 is 17.7 Å². The number of ether oxygens (including phenoxy) is 1. The number of thiophene rings is 1. The van der Waals surface area contributed by atoms with Crippen molar-refractivity contribution in [3.05, 3.63) is 51.7 Å². The number of fused-ring (bicyclic) bond motifs is 1. The van der Waals surface area contributed by atoms with Crippen LogP contribution in [0.2, 0.25) is 0 Å². The van der Waals surface area contributed by atoms with E-state index in [2.05, 4.69) is 12.2 Å². The summed E-state index contributed by atoms with van der Waals surface area (Å²) in [6.07, 6.45) is 3.81. The molecule has 4 nitrogen and oxygen atoms in total. The van der Waals surface area contributed by atoms with Crippen molar-refractivity contribution >= 4 is 28.2 Å². The van der Waals surface area contributed by atoms with Crippen LogP contribution >= 0.6 is 11.3 Å². The molecule has 1 aromatic carbocycles. The van der Waals surface area contributed by atoms with Gasteiger partial charge < -0.3 is 10.1 Å². The first-order valence-electron chi connectivity index (χ1n) is 8.92. The lowest BCUT2D eigenvalue weighted by Crippen LogP contribution is -2.17. The quantitative estimate of drug-likeness (QED) is 0.762. The van der Waals surface area contributed by atoms with E-state index in [1.807, 2.05) is 0 Å². The second kappa shape index (κ2) is 7.99. The lowest BCUT2D eigenvalue weighted by Gasteiger charge is -2.20. The predicted octanol–water partition coefficient (Wildman–Crippen LogP) is 4.83. The van der Waals surface area contributed by atoms with Crippen molar-refractivity contribution in [3.63, 3.8) is 0 Å². The van der Waals surface area contributed by atoms with Gasteiger partial charge in [0.25, 0.3) is 5.91 Å². The van der Waals surface area contributed by atoms with Crippen LogP contribution in [0.4, 0.5) is 9.39 Å². The van der Waals surface area contributed by atoms with Gasteiger partial charge in [-0.25, -0.2) is 9.18 Å². The van der Waals surface area contributed by atoms with Crippen molar-refractivity contribution in [2.24, 2.45) is 5.92 Å². The van der Waals surface area contributed by atoms with E-state index in [1.54, 1.807) is 13.0 Å². The Morgan fingerprint density at radius 2 is 2.08 bits per heavy atom. The minimum Gasteiger partial charge on any atom is -0.462 e. The summed E-state index contributed by atoms with van der Waals surface area (Å²) in [5.41, 5.74) is 1.37. The minimum atomic E-state index is -0.588. The second-order valence-corrected chi connectivity index (χ2v) is 7.48. The van der Waals surface area contributed by atoms with Crippen molar-refractivity contribution < 1.29 is 18.7 Å². The average molecular weight is 375 g/mol. The Morgan fingerprint density at radius 1 is 1.31 bits per heavy atom. The fraction of sp³-hybridized carbons (Fsp3) is 0.400. The van der Waals surface area contributed by atoms with Gasteiger partial charge >= 0.3 is 5.97 Å². The highest BCUT2D eigenvalue weighted by atomic mass is 32.1. The number of carbonyl (C=O) groups is 2. The molecule has 26 heavy (non-hydrogen) atoms. The van der Waals surface area contributed by atoms with Gasteiger partial charge in [0.05, 0.1) is 17.7 Å². The van der Waals surface area contributed by atoms with Gasteiger partial charge in [-0.1, -0.05) is 25.5 Å². The molecular weight excluding hydrogens is 353 g/mol. The smallest absolute Gasteiger partial charge is 0.341 e. The molecule has 1 aliphatic carbocycles. The molecule has 0 fully saturated rings. The van der Waals surface area contributed by atoms with Crippen LogP contribution in [0.25, 0.3) is 0 Å². The Morgan fingerprint density at radius 3 is 2.77 bits per heavy atom. The van der Waals surface area contributed by atoms with Gasteiger partial charge in [0.1, 0.15) is 10.8 Å². The molecule has 1 amide bonds. The Balaban J connectivity index is 1.95. The van der Waals surface area contributed by atoms with E-state index >= 15 is 0 Å². The van der Waals surface area contributed by atoms with Crippen LogP contribution in [-0.4, -0.2) is 18.5 Å². The van der Waals surface area contributed by atoms with Gasteiger partial charge in [-0.2, -0.15) is 0 Å². The SMILES string of the molecule is CCOC(=O)c1c(NC(=O)c2ccccc2F)sc2c1CCC(CC)C2. The molecule has 1 aromatic heterocycles. The molecule has 0 bridgehead atoms. The zero-order valence-corrected chi connectivity index (χ0v) is 15.7. The summed E-state index contributed by atoms with van der Waals surface area (Å²) >= 11 is 1.41. The third-order valence-electron chi connectivity index (χ3n) is 4.77. The van der Waals surface area contributed by atoms with Crippen molar-refractivity contribution in [1.29, 1.82) is 0 Å². The Labute approximate surface area is 156 Å². The van der Waals surface area contributed by atoms with Gasteiger partial charge in [0.15, 0.2) is 0 Å². The van der Waals surface area contributed by atoms with Crippen molar-refractivity contribution in [3.8, 4) is 0 Å². The zero-order valence-electron chi connectivity index (χ0n) is 14.9. The number of esters is 1. The molecule has 1 N–H and O–H groups in total. The standard InChI is InChI=1S/C20H22FNO3S/c1-3-12-9-10-14-16(11-12)26-19(17(14)20(24)25-4-2)22-18(23)13-7-5-6-8-15(13)21/h5-8,12H,3-4,9-11H2,1-2H3,(H,22,23). The molecule has 0 spiro atoms. The Bertz CT molecular complexity index is 830. The maximum atomic E-state index is 13.9. The third-order valence-corrected chi connectivity index (χ3v) is 5.94. The molecule has 0 saturated carbocycles. The summed E-state index contributed by atoms with van der Waals surface area (Å²) in [6.45, 7) is 4.18. The molecule has 2 aromatic rings. The molecule has 0 aliphatic heterocycles. The number of rotatable bonds is 5. The summed E-state index contributed by atoms with van der Waals surface area (Å²) in [4.78, 5) is 26.1. The first-order chi connectivity index (χ1) is 12.5. The zero-order chi connectivity index (χ0) is 18.7. The van der Waals surface area contributed by atoms with E-state index in [4.69, 9.17) is 4.74 Å². The Kier molecular flexibility index (Phi) is 5.71. The highest BCUT2D eigenvalue weighted by molar-refractivity contribution is 7.17.